The Kier molecular flexibility index (Phi) is 5.35. The molecule has 0 saturated carbocycles. The predicted molar refractivity (Wildman–Crippen MR) is 165 cm³/mol. The van der Waals surface area contributed by atoms with E-state index in [0.29, 0.717) is 17.6 Å². The second kappa shape index (κ2) is 9.33. The Balaban J connectivity index is 1.43. The maximum absolute atomic E-state index is 5.06. The van der Waals surface area contributed by atoms with Crippen LogP contribution in [0.3, 0.4) is 0 Å². The molecular weight excluding hydrogens is 508 g/mol. The minimum Gasteiger partial charge on any atom is -0.278 e. The molecule has 2 aromatic heterocycles. The number of hydrogen-bond donors (Lipinski definition) is 0. The molecule has 0 aliphatic carbocycles. The molecule has 0 N–H and O–H groups in total. The van der Waals surface area contributed by atoms with Crippen LogP contribution in [-0.2, 0) is 0 Å². The second-order valence-electron chi connectivity index (χ2n) is 9.72. The summed E-state index contributed by atoms with van der Waals surface area (Å²) in [5.74, 6) is 1.90. The Labute approximate surface area is 235 Å². The second-order valence-corrected chi connectivity index (χ2v) is 10.8. The summed E-state index contributed by atoms with van der Waals surface area (Å²) in [4.78, 5) is 17.5. The van der Waals surface area contributed by atoms with Crippen LogP contribution < -0.4 is 0 Å². The molecule has 0 saturated heterocycles. The normalized spacial score (nSPS) is 12.3. The lowest BCUT2D eigenvalue weighted by Gasteiger charge is -2.11. The lowest BCUT2D eigenvalue weighted by Crippen LogP contribution is -2.06. The van der Waals surface area contributed by atoms with Crippen LogP contribution in [0.1, 0.15) is 11.1 Å². The number of benzene rings is 5. The molecule has 8 rings (SSSR count). The van der Waals surface area contributed by atoms with Gasteiger partial charge in [0.2, 0.25) is 5.95 Å². The van der Waals surface area contributed by atoms with E-state index < -0.39 is 0 Å². The average molecular weight is 531 g/mol. The summed E-state index contributed by atoms with van der Waals surface area (Å²) in [6, 6.07) is 41.7. The summed E-state index contributed by atoms with van der Waals surface area (Å²) in [6.45, 7) is 0. The van der Waals surface area contributed by atoms with Crippen LogP contribution in [0.15, 0.2) is 131 Å². The fourth-order valence-corrected chi connectivity index (χ4v) is 6.59. The van der Waals surface area contributed by atoms with Gasteiger partial charge in [0.25, 0.3) is 0 Å². The van der Waals surface area contributed by atoms with Crippen molar-refractivity contribution in [2.24, 2.45) is 0 Å². The summed E-state index contributed by atoms with van der Waals surface area (Å²) in [6.07, 6.45) is 4.44. The Morgan fingerprint density at radius 1 is 0.500 bits per heavy atom. The summed E-state index contributed by atoms with van der Waals surface area (Å²) in [7, 11) is 0. The highest BCUT2D eigenvalue weighted by Gasteiger charge is 2.22. The monoisotopic (exact) mass is 530 g/mol. The van der Waals surface area contributed by atoms with Gasteiger partial charge >= 0.3 is 0 Å². The number of nitrogens with zero attached hydrogens (tertiary/aromatic N) is 4. The van der Waals surface area contributed by atoms with Crippen molar-refractivity contribution < 1.29 is 0 Å². The minimum absolute atomic E-state index is 0.605. The molecule has 0 unspecified atom stereocenters. The number of para-hydroxylation sites is 1. The third-order valence-electron chi connectivity index (χ3n) is 7.28. The summed E-state index contributed by atoms with van der Waals surface area (Å²) >= 11 is 1.83. The van der Waals surface area contributed by atoms with Crippen LogP contribution >= 0.6 is 11.8 Å². The van der Waals surface area contributed by atoms with Crippen molar-refractivity contribution in [3.05, 3.63) is 132 Å². The van der Waals surface area contributed by atoms with Crippen LogP contribution in [0, 0.1) is 0 Å². The molecule has 188 valence electrons. The van der Waals surface area contributed by atoms with Crippen molar-refractivity contribution in [2.45, 2.75) is 9.79 Å². The lowest BCUT2D eigenvalue weighted by atomic mass is 10.1. The quantitative estimate of drug-likeness (QED) is 0.229. The first-order valence-corrected chi connectivity index (χ1v) is 14.0. The Morgan fingerprint density at radius 3 is 1.88 bits per heavy atom. The maximum Gasteiger partial charge on any atom is 0.238 e. The van der Waals surface area contributed by atoms with Gasteiger partial charge in [-0.25, -0.2) is 4.98 Å². The first-order chi connectivity index (χ1) is 19.8. The van der Waals surface area contributed by atoms with E-state index in [1.807, 2.05) is 72.4 Å². The van der Waals surface area contributed by atoms with E-state index >= 15 is 0 Å². The SMILES string of the molecule is C1=Cc2ccc3c(c2Sc2ccccc21)c1ccccc1n3-c1nc(-c2ccccc2)nc(-c2ccccc2)n1. The van der Waals surface area contributed by atoms with Crippen molar-refractivity contribution in [3.8, 4) is 28.7 Å². The Morgan fingerprint density at radius 2 is 1.12 bits per heavy atom. The molecule has 0 amide bonds. The molecule has 5 aromatic carbocycles. The highest BCUT2D eigenvalue weighted by atomic mass is 32.2. The molecule has 0 bridgehead atoms. The van der Waals surface area contributed by atoms with E-state index in [-0.39, 0.29) is 0 Å². The van der Waals surface area contributed by atoms with Gasteiger partial charge in [0, 0.05) is 31.7 Å². The topological polar surface area (TPSA) is 43.6 Å². The smallest absolute Gasteiger partial charge is 0.238 e. The molecule has 5 heteroatoms. The van der Waals surface area contributed by atoms with Crippen LogP contribution in [0.5, 0.6) is 0 Å². The van der Waals surface area contributed by atoms with Crippen molar-refractivity contribution >= 4 is 45.7 Å². The molecule has 0 radical (unpaired) electrons. The molecule has 7 aromatic rings. The van der Waals surface area contributed by atoms with Gasteiger partial charge in [-0.05, 0) is 29.3 Å². The number of fused-ring (bicyclic) bond motifs is 6. The van der Waals surface area contributed by atoms with Crippen LogP contribution in [-0.4, -0.2) is 19.5 Å². The third-order valence-corrected chi connectivity index (χ3v) is 8.52. The van der Waals surface area contributed by atoms with E-state index in [2.05, 4.69) is 77.4 Å². The number of rotatable bonds is 3. The predicted octanol–water partition coefficient (Wildman–Crippen LogP) is 8.94. The van der Waals surface area contributed by atoms with E-state index in [9.17, 15) is 0 Å². The van der Waals surface area contributed by atoms with E-state index in [1.54, 1.807) is 0 Å². The van der Waals surface area contributed by atoms with Gasteiger partial charge in [-0.3, -0.25) is 4.57 Å². The highest BCUT2D eigenvalue weighted by molar-refractivity contribution is 7.99. The number of hydrogen-bond acceptors (Lipinski definition) is 4. The molecule has 0 spiro atoms. The summed E-state index contributed by atoms with van der Waals surface area (Å²) in [5, 5.41) is 2.39. The molecule has 1 aliphatic rings. The largest absolute Gasteiger partial charge is 0.278 e. The standard InChI is InChI=1S/C35H22N4S/c1-3-12-25(13-4-1)33-36-34(26-14-5-2-6-15-26)38-35(37-33)39-28-17-9-8-16-27(28)31-29(39)22-21-24-20-19-23-11-7-10-18-30(23)40-32(24)31/h1-22H. The zero-order chi connectivity index (χ0) is 26.5. The third kappa shape index (κ3) is 3.74. The zero-order valence-electron chi connectivity index (χ0n) is 21.4. The summed E-state index contributed by atoms with van der Waals surface area (Å²) < 4.78 is 2.19. The molecular formula is C35H22N4S. The van der Waals surface area contributed by atoms with E-state index in [0.717, 1.165) is 22.2 Å². The fourth-order valence-electron chi connectivity index (χ4n) is 5.40. The average Bonchev–Trinajstić information content (AvgIpc) is 3.24. The molecule has 40 heavy (non-hydrogen) atoms. The van der Waals surface area contributed by atoms with Crippen molar-refractivity contribution in [3.63, 3.8) is 0 Å². The van der Waals surface area contributed by atoms with E-state index in [4.69, 9.17) is 15.0 Å². The summed E-state index contributed by atoms with van der Waals surface area (Å²) in [5.41, 5.74) is 6.49. The maximum atomic E-state index is 5.06. The van der Waals surface area contributed by atoms with Crippen LogP contribution in [0.4, 0.5) is 0 Å². The highest BCUT2D eigenvalue weighted by Crippen LogP contribution is 2.45. The molecule has 4 nitrogen and oxygen atoms in total. The molecule has 0 fully saturated rings. The Hall–Kier alpha value is -5.00. The van der Waals surface area contributed by atoms with Crippen molar-refractivity contribution in [1.29, 1.82) is 0 Å². The molecule has 3 heterocycles. The van der Waals surface area contributed by atoms with Crippen molar-refractivity contribution in [2.75, 3.05) is 0 Å². The Bertz CT molecular complexity index is 2020. The van der Waals surface area contributed by atoms with Gasteiger partial charge in [-0.1, -0.05) is 127 Å². The number of aromatic nitrogens is 4. The minimum atomic E-state index is 0.605. The zero-order valence-corrected chi connectivity index (χ0v) is 22.2. The van der Waals surface area contributed by atoms with Gasteiger partial charge < -0.3 is 0 Å². The van der Waals surface area contributed by atoms with Crippen LogP contribution in [0.25, 0.3) is 62.7 Å². The van der Waals surface area contributed by atoms with Gasteiger partial charge in [0.1, 0.15) is 0 Å². The van der Waals surface area contributed by atoms with Gasteiger partial charge in [-0.2, -0.15) is 9.97 Å². The fraction of sp³-hybridized carbons (Fsp3) is 0. The van der Waals surface area contributed by atoms with Crippen molar-refractivity contribution in [1.82, 2.24) is 19.5 Å². The van der Waals surface area contributed by atoms with E-state index in [1.165, 1.54) is 31.7 Å². The van der Waals surface area contributed by atoms with Gasteiger partial charge in [0.15, 0.2) is 11.6 Å². The van der Waals surface area contributed by atoms with Gasteiger partial charge in [-0.15, -0.1) is 0 Å². The molecule has 1 aliphatic heterocycles. The van der Waals surface area contributed by atoms with Gasteiger partial charge in [0.05, 0.1) is 11.0 Å². The lowest BCUT2D eigenvalue weighted by molar-refractivity contribution is 0.953. The molecule has 0 atom stereocenters. The first-order valence-electron chi connectivity index (χ1n) is 13.2. The van der Waals surface area contributed by atoms with Crippen LogP contribution in [0.2, 0.25) is 0 Å². The first kappa shape index (κ1) is 22.9.